The predicted molar refractivity (Wildman–Crippen MR) is 122 cm³/mol. The van der Waals surface area contributed by atoms with E-state index in [1.807, 2.05) is 77.2 Å². The lowest BCUT2D eigenvalue weighted by Gasteiger charge is -2.31. The molecule has 1 heterocycles. The summed E-state index contributed by atoms with van der Waals surface area (Å²) in [6, 6.07) is 17.3. The van der Waals surface area contributed by atoms with Crippen molar-refractivity contribution in [1.82, 2.24) is 10.6 Å². The molecule has 0 bridgehead atoms. The van der Waals surface area contributed by atoms with E-state index in [0.717, 1.165) is 17.8 Å². The van der Waals surface area contributed by atoms with E-state index in [9.17, 15) is 9.59 Å². The molecule has 6 heteroatoms. The second-order valence-electron chi connectivity index (χ2n) is 8.40. The number of carbonyl (C=O) groups is 2. The fraction of sp³-hybridized carbons (Fsp3) is 0.360. The number of anilines is 1. The lowest BCUT2D eigenvalue weighted by molar-refractivity contribution is -0.143. The van der Waals surface area contributed by atoms with Gasteiger partial charge in [-0.15, -0.1) is 0 Å². The van der Waals surface area contributed by atoms with E-state index < -0.39 is 12.0 Å². The van der Waals surface area contributed by atoms with Crippen LogP contribution in [0, 0.1) is 5.92 Å². The van der Waals surface area contributed by atoms with Gasteiger partial charge in [0.25, 0.3) is 0 Å². The van der Waals surface area contributed by atoms with E-state index in [1.165, 1.54) is 5.56 Å². The van der Waals surface area contributed by atoms with Gasteiger partial charge < -0.3 is 20.3 Å². The van der Waals surface area contributed by atoms with E-state index in [2.05, 4.69) is 27.7 Å². The number of hydrogen-bond acceptors (Lipinski definition) is 4. The van der Waals surface area contributed by atoms with Crippen LogP contribution >= 0.6 is 0 Å². The summed E-state index contributed by atoms with van der Waals surface area (Å²) in [7, 11) is 2.04. The Morgan fingerprint density at radius 2 is 1.68 bits per heavy atom. The summed E-state index contributed by atoms with van der Waals surface area (Å²) in [6.07, 6.45) is -0.249. The molecule has 164 valence electrons. The van der Waals surface area contributed by atoms with Gasteiger partial charge in [-0.25, -0.2) is 9.59 Å². The van der Waals surface area contributed by atoms with Crippen molar-refractivity contribution in [2.24, 2.45) is 5.92 Å². The first-order valence-corrected chi connectivity index (χ1v) is 10.6. The van der Waals surface area contributed by atoms with Gasteiger partial charge in [-0.2, -0.15) is 0 Å². The van der Waals surface area contributed by atoms with Crippen molar-refractivity contribution in [3.8, 4) is 0 Å². The number of nitrogens with zero attached hydrogens (tertiary/aromatic N) is 1. The molecule has 1 aliphatic heterocycles. The Hall–Kier alpha value is -3.28. The summed E-state index contributed by atoms with van der Waals surface area (Å²) in [5.41, 5.74) is 4.16. The molecule has 0 saturated carbocycles. The smallest absolute Gasteiger partial charge is 0.338 e. The minimum absolute atomic E-state index is 0.0282. The van der Waals surface area contributed by atoms with Gasteiger partial charge in [0.05, 0.1) is 17.7 Å². The first-order valence-electron chi connectivity index (χ1n) is 10.6. The number of benzene rings is 2. The van der Waals surface area contributed by atoms with E-state index in [0.29, 0.717) is 11.3 Å². The van der Waals surface area contributed by atoms with Crippen molar-refractivity contribution in [2.45, 2.75) is 46.4 Å². The molecule has 0 radical (unpaired) electrons. The molecule has 1 aliphatic rings. The summed E-state index contributed by atoms with van der Waals surface area (Å²) < 4.78 is 5.49. The molecule has 2 amide bonds. The van der Waals surface area contributed by atoms with Gasteiger partial charge in [0, 0.05) is 25.0 Å². The zero-order valence-corrected chi connectivity index (χ0v) is 18.8. The van der Waals surface area contributed by atoms with Crippen molar-refractivity contribution in [2.75, 3.05) is 11.9 Å². The van der Waals surface area contributed by atoms with Gasteiger partial charge in [-0.3, -0.25) is 0 Å². The highest BCUT2D eigenvalue weighted by molar-refractivity contribution is 5.95. The van der Waals surface area contributed by atoms with Crippen LogP contribution in [0.3, 0.4) is 0 Å². The SMILES string of the molecule is CC(C)OC(=O)C1=C(C(C)C)NC(=O)NC1c1ccc(N(C)Cc2ccccc2)cc1. The largest absolute Gasteiger partial charge is 0.459 e. The van der Waals surface area contributed by atoms with Crippen LogP contribution in [0.2, 0.25) is 0 Å². The highest BCUT2D eigenvalue weighted by atomic mass is 16.5. The normalized spacial score (nSPS) is 16.2. The lowest BCUT2D eigenvalue weighted by Crippen LogP contribution is -2.47. The minimum atomic E-state index is -0.564. The zero-order chi connectivity index (χ0) is 22.5. The minimum Gasteiger partial charge on any atom is -0.459 e. The second kappa shape index (κ2) is 9.69. The van der Waals surface area contributed by atoms with E-state index in [-0.39, 0.29) is 18.1 Å². The van der Waals surface area contributed by atoms with Crippen LogP contribution in [0.5, 0.6) is 0 Å². The van der Waals surface area contributed by atoms with E-state index >= 15 is 0 Å². The van der Waals surface area contributed by atoms with Crippen LogP contribution < -0.4 is 15.5 Å². The number of ether oxygens (including phenoxy) is 1. The number of amides is 2. The van der Waals surface area contributed by atoms with Crippen molar-refractivity contribution < 1.29 is 14.3 Å². The van der Waals surface area contributed by atoms with E-state index in [1.54, 1.807) is 0 Å². The van der Waals surface area contributed by atoms with E-state index in [4.69, 9.17) is 4.74 Å². The maximum Gasteiger partial charge on any atom is 0.338 e. The number of rotatable bonds is 7. The van der Waals surface area contributed by atoms with Crippen molar-refractivity contribution in [3.63, 3.8) is 0 Å². The molecule has 0 spiro atoms. The fourth-order valence-electron chi connectivity index (χ4n) is 3.67. The standard InChI is InChI=1S/C25H31N3O3/c1-16(2)22-21(24(29)31-17(3)4)23(27-25(30)26-22)19-11-13-20(14-12-19)28(5)15-18-9-7-6-8-10-18/h6-14,16-17,23H,15H2,1-5H3,(H2,26,27,30). The molecule has 31 heavy (non-hydrogen) atoms. The predicted octanol–water partition coefficient (Wildman–Crippen LogP) is 4.54. The van der Waals surface area contributed by atoms with Crippen LogP contribution in [-0.4, -0.2) is 25.2 Å². The van der Waals surface area contributed by atoms with Crippen LogP contribution in [0.15, 0.2) is 65.9 Å². The molecule has 2 aromatic carbocycles. The Kier molecular flexibility index (Phi) is 7.00. The highest BCUT2D eigenvalue weighted by Crippen LogP contribution is 2.31. The number of nitrogens with one attached hydrogen (secondary N) is 2. The van der Waals surface area contributed by atoms with Crippen molar-refractivity contribution in [1.29, 1.82) is 0 Å². The maximum atomic E-state index is 12.9. The molecular weight excluding hydrogens is 390 g/mol. The average molecular weight is 422 g/mol. The van der Waals surface area contributed by atoms with Gasteiger partial charge in [-0.05, 0) is 43.0 Å². The first kappa shape index (κ1) is 22.4. The number of carbonyl (C=O) groups excluding carboxylic acids is 2. The second-order valence-corrected chi connectivity index (χ2v) is 8.40. The molecule has 2 aromatic rings. The third-order valence-electron chi connectivity index (χ3n) is 5.17. The molecule has 0 saturated heterocycles. The molecule has 0 fully saturated rings. The van der Waals surface area contributed by atoms with Crippen molar-refractivity contribution in [3.05, 3.63) is 77.0 Å². The van der Waals surface area contributed by atoms with Crippen LogP contribution in [0.4, 0.5) is 10.5 Å². The number of allylic oxidation sites excluding steroid dienone is 1. The highest BCUT2D eigenvalue weighted by Gasteiger charge is 2.35. The quantitative estimate of drug-likeness (QED) is 0.644. The van der Waals surface area contributed by atoms with Crippen LogP contribution in [0.25, 0.3) is 0 Å². The lowest BCUT2D eigenvalue weighted by atomic mass is 9.91. The van der Waals surface area contributed by atoms with Crippen LogP contribution in [-0.2, 0) is 16.1 Å². The molecular formula is C25H31N3O3. The van der Waals surface area contributed by atoms with Crippen molar-refractivity contribution >= 4 is 17.7 Å². The summed E-state index contributed by atoms with van der Waals surface area (Å²) in [4.78, 5) is 27.4. The van der Waals surface area contributed by atoms with Gasteiger partial charge >= 0.3 is 12.0 Å². The van der Waals surface area contributed by atoms with Gasteiger partial charge in [0.1, 0.15) is 0 Å². The molecule has 1 unspecified atom stereocenters. The number of hydrogen-bond donors (Lipinski definition) is 2. The fourth-order valence-corrected chi connectivity index (χ4v) is 3.67. The molecule has 2 N–H and O–H groups in total. The summed E-state index contributed by atoms with van der Waals surface area (Å²) in [5, 5.41) is 5.69. The molecule has 6 nitrogen and oxygen atoms in total. The summed E-state index contributed by atoms with van der Waals surface area (Å²) >= 11 is 0. The van der Waals surface area contributed by atoms with Gasteiger partial charge in [-0.1, -0.05) is 56.3 Å². The molecule has 0 aromatic heterocycles. The van der Waals surface area contributed by atoms with Crippen LogP contribution in [0.1, 0.15) is 44.9 Å². The van der Waals surface area contributed by atoms with Gasteiger partial charge in [0.2, 0.25) is 0 Å². The zero-order valence-electron chi connectivity index (χ0n) is 18.8. The number of urea groups is 1. The Morgan fingerprint density at radius 1 is 1.03 bits per heavy atom. The molecule has 0 aliphatic carbocycles. The molecule has 3 rings (SSSR count). The Bertz CT molecular complexity index is 950. The maximum absolute atomic E-state index is 12.9. The monoisotopic (exact) mass is 421 g/mol. The Morgan fingerprint density at radius 3 is 2.26 bits per heavy atom. The number of esters is 1. The summed E-state index contributed by atoms with van der Waals surface area (Å²) in [6.45, 7) is 8.31. The Labute approximate surface area is 184 Å². The van der Waals surface area contributed by atoms with Gasteiger partial charge in [0.15, 0.2) is 0 Å². The first-order chi connectivity index (χ1) is 14.8. The third kappa shape index (κ3) is 5.45. The average Bonchev–Trinajstić information content (AvgIpc) is 2.73. The topological polar surface area (TPSA) is 70.7 Å². The summed E-state index contributed by atoms with van der Waals surface area (Å²) in [5.74, 6) is -0.444. The third-order valence-corrected chi connectivity index (χ3v) is 5.17. The Balaban J connectivity index is 1.89. The molecule has 1 atom stereocenters.